The fraction of sp³-hybridized carbons (Fsp3) is 0.222. The lowest BCUT2D eigenvalue weighted by Gasteiger charge is -2.26. The molecule has 0 atom stereocenters. The molecule has 5 nitrogen and oxygen atoms in total. The molecule has 1 saturated heterocycles. The van der Waals surface area contributed by atoms with Crippen molar-refractivity contribution < 1.29 is 18.3 Å². The Hall–Kier alpha value is -3.71. The second-order valence-electron chi connectivity index (χ2n) is 8.45. The Kier molecular flexibility index (Phi) is 5.79. The predicted octanol–water partition coefficient (Wildman–Crippen LogP) is 6.06. The first-order chi connectivity index (χ1) is 16.5. The highest BCUT2D eigenvalue weighted by Crippen LogP contribution is 2.45. The third-order valence-corrected chi connectivity index (χ3v) is 6.50. The molecule has 0 aliphatic carbocycles. The van der Waals surface area contributed by atoms with Crippen LogP contribution in [0.15, 0.2) is 54.6 Å². The summed E-state index contributed by atoms with van der Waals surface area (Å²) in [6.07, 6.45) is 2.86. The summed E-state index contributed by atoms with van der Waals surface area (Å²) < 4.78 is 41.1. The van der Waals surface area contributed by atoms with Gasteiger partial charge in [-0.1, -0.05) is 6.07 Å². The summed E-state index contributed by atoms with van der Waals surface area (Å²) in [5.74, 6) is -0.448. The lowest BCUT2D eigenvalue weighted by molar-refractivity contribution is 0.0843. The summed E-state index contributed by atoms with van der Waals surface area (Å²) in [5, 5.41) is 8.70. The number of ether oxygens (including phenoxy) is 2. The molecule has 1 aliphatic rings. The van der Waals surface area contributed by atoms with Crippen LogP contribution in [0.25, 0.3) is 27.7 Å². The van der Waals surface area contributed by atoms with Gasteiger partial charge < -0.3 is 25.2 Å². The van der Waals surface area contributed by atoms with E-state index in [4.69, 9.17) is 20.6 Å². The lowest BCUT2D eigenvalue weighted by Crippen LogP contribution is -2.17. The highest BCUT2D eigenvalue weighted by Gasteiger charge is 2.28. The number of nitrogens with zero attached hydrogens (tertiary/aromatic N) is 1. The maximum Gasteiger partial charge on any atom is 0.165 e. The molecule has 1 aliphatic heterocycles. The second-order valence-corrected chi connectivity index (χ2v) is 8.45. The number of anilines is 1. The number of halogens is 2. The maximum absolute atomic E-state index is 14.3. The minimum absolute atomic E-state index is 0.155. The van der Waals surface area contributed by atoms with E-state index < -0.39 is 5.82 Å². The fourth-order valence-electron chi connectivity index (χ4n) is 4.86. The molecule has 3 aromatic carbocycles. The van der Waals surface area contributed by atoms with Crippen LogP contribution in [-0.2, 0) is 4.74 Å². The van der Waals surface area contributed by atoms with Gasteiger partial charge in [-0.2, -0.15) is 0 Å². The molecule has 34 heavy (non-hydrogen) atoms. The number of methoxy groups -OCH3 is 1. The van der Waals surface area contributed by atoms with Crippen LogP contribution < -0.4 is 10.5 Å². The quantitative estimate of drug-likeness (QED) is 0.280. The van der Waals surface area contributed by atoms with E-state index in [1.807, 2.05) is 12.1 Å². The number of aromatic nitrogens is 1. The Morgan fingerprint density at radius 2 is 1.79 bits per heavy atom. The summed E-state index contributed by atoms with van der Waals surface area (Å²) in [4.78, 5) is 0. The lowest BCUT2D eigenvalue weighted by atomic mass is 9.89. The molecular formula is C27H25F2N3O2. The Morgan fingerprint density at radius 1 is 1.06 bits per heavy atom. The standard InChI is InChI=1S/C27H25F2N3O2/c1-33-25-13-17(2-7-22(25)29)26-21-14-23(31)18(15-30)12-24(21)32(20-5-3-19(28)4-6-20)27(26)16-8-10-34-11-9-16/h2-7,12-16,30H,8-11,31H2,1H3. The van der Waals surface area contributed by atoms with Crippen molar-refractivity contribution in [2.75, 3.05) is 26.1 Å². The Labute approximate surface area is 196 Å². The van der Waals surface area contributed by atoms with Gasteiger partial charge in [-0.25, -0.2) is 8.78 Å². The van der Waals surface area contributed by atoms with Crippen LogP contribution in [0.2, 0.25) is 0 Å². The molecule has 4 aromatic rings. The van der Waals surface area contributed by atoms with Crippen molar-refractivity contribution in [2.45, 2.75) is 18.8 Å². The van der Waals surface area contributed by atoms with Gasteiger partial charge >= 0.3 is 0 Å². The number of nitrogens with two attached hydrogens (primary N) is 1. The highest BCUT2D eigenvalue weighted by atomic mass is 19.1. The summed E-state index contributed by atoms with van der Waals surface area (Å²) in [5.41, 5.74) is 11.8. The molecule has 0 radical (unpaired) electrons. The van der Waals surface area contributed by atoms with E-state index >= 15 is 0 Å². The minimum atomic E-state index is -0.438. The summed E-state index contributed by atoms with van der Waals surface area (Å²) in [6, 6.07) is 14.9. The van der Waals surface area contributed by atoms with E-state index in [2.05, 4.69) is 4.57 Å². The fourth-order valence-corrected chi connectivity index (χ4v) is 4.86. The molecular weight excluding hydrogens is 436 g/mol. The smallest absolute Gasteiger partial charge is 0.165 e. The Morgan fingerprint density at radius 3 is 2.47 bits per heavy atom. The zero-order chi connectivity index (χ0) is 23.8. The van der Waals surface area contributed by atoms with Gasteiger partial charge in [-0.05, 0) is 66.9 Å². The first kappa shape index (κ1) is 22.1. The van der Waals surface area contributed by atoms with Crippen molar-refractivity contribution in [1.82, 2.24) is 4.57 Å². The van der Waals surface area contributed by atoms with Crippen molar-refractivity contribution in [3.05, 3.63) is 77.5 Å². The number of hydrogen-bond donors (Lipinski definition) is 2. The molecule has 7 heteroatoms. The van der Waals surface area contributed by atoms with Gasteiger partial charge in [-0.3, -0.25) is 0 Å². The molecule has 0 amide bonds. The average Bonchev–Trinajstić information content (AvgIpc) is 3.18. The van der Waals surface area contributed by atoms with Gasteiger partial charge in [0.2, 0.25) is 0 Å². The van der Waals surface area contributed by atoms with Crippen LogP contribution in [0.1, 0.15) is 30.0 Å². The number of nitrogen functional groups attached to an aromatic ring is 1. The van der Waals surface area contributed by atoms with E-state index in [1.54, 1.807) is 24.3 Å². The Balaban J connectivity index is 1.91. The first-order valence-electron chi connectivity index (χ1n) is 11.2. The van der Waals surface area contributed by atoms with E-state index in [0.717, 1.165) is 46.3 Å². The molecule has 1 aromatic heterocycles. The number of hydrogen-bond acceptors (Lipinski definition) is 4. The topological polar surface area (TPSA) is 73.3 Å². The van der Waals surface area contributed by atoms with Crippen molar-refractivity contribution in [2.24, 2.45) is 0 Å². The van der Waals surface area contributed by atoms with Gasteiger partial charge in [0, 0.05) is 58.9 Å². The zero-order valence-electron chi connectivity index (χ0n) is 18.8. The largest absolute Gasteiger partial charge is 0.494 e. The molecule has 0 bridgehead atoms. The van der Waals surface area contributed by atoms with E-state index in [-0.39, 0.29) is 17.5 Å². The number of nitrogens with one attached hydrogen (secondary N) is 1. The number of benzene rings is 3. The average molecular weight is 462 g/mol. The third-order valence-electron chi connectivity index (χ3n) is 6.50. The third kappa shape index (κ3) is 3.72. The van der Waals surface area contributed by atoms with Crippen LogP contribution in [0.4, 0.5) is 14.5 Å². The summed E-state index contributed by atoms with van der Waals surface area (Å²) in [6.45, 7) is 1.27. The van der Waals surface area contributed by atoms with Crippen molar-refractivity contribution in [1.29, 1.82) is 5.41 Å². The maximum atomic E-state index is 14.3. The van der Waals surface area contributed by atoms with Crippen LogP contribution in [-0.4, -0.2) is 31.1 Å². The summed E-state index contributed by atoms with van der Waals surface area (Å²) in [7, 11) is 1.44. The van der Waals surface area contributed by atoms with Crippen LogP contribution in [0.3, 0.4) is 0 Å². The van der Waals surface area contributed by atoms with E-state index in [0.29, 0.717) is 24.5 Å². The number of fused-ring (bicyclic) bond motifs is 1. The summed E-state index contributed by atoms with van der Waals surface area (Å²) >= 11 is 0. The molecule has 0 saturated carbocycles. The van der Waals surface area contributed by atoms with Crippen molar-refractivity contribution >= 4 is 22.8 Å². The van der Waals surface area contributed by atoms with Crippen LogP contribution in [0.5, 0.6) is 5.75 Å². The molecule has 5 rings (SSSR count). The Bertz CT molecular complexity index is 1370. The van der Waals surface area contributed by atoms with E-state index in [1.165, 1.54) is 31.5 Å². The normalized spacial score (nSPS) is 14.4. The van der Waals surface area contributed by atoms with Gasteiger partial charge in [0.25, 0.3) is 0 Å². The molecule has 3 N–H and O–H groups in total. The molecule has 2 heterocycles. The molecule has 0 spiro atoms. The van der Waals surface area contributed by atoms with Gasteiger partial charge in [0.05, 0.1) is 12.6 Å². The predicted molar refractivity (Wildman–Crippen MR) is 130 cm³/mol. The zero-order valence-corrected chi connectivity index (χ0v) is 18.8. The number of rotatable bonds is 5. The van der Waals surface area contributed by atoms with Gasteiger partial charge in [-0.15, -0.1) is 0 Å². The molecule has 1 fully saturated rings. The van der Waals surface area contributed by atoms with Gasteiger partial charge in [0.15, 0.2) is 11.6 Å². The van der Waals surface area contributed by atoms with Crippen LogP contribution >= 0.6 is 0 Å². The highest BCUT2D eigenvalue weighted by molar-refractivity contribution is 6.04. The van der Waals surface area contributed by atoms with Gasteiger partial charge in [0.1, 0.15) is 5.82 Å². The van der Waals surface area contributed by atoms with Crippen LogP contribution in [0, 0.1) is 17.0 Å². The second kappa shape index (κ2) is 8.91. The van der Waals surface area contributed by atoms with Crippen molar-refractivity contribution in [3.8, 4) is 22.6 Å². The first-order valence-corrected chi connectivity index (χ1v) is 11.2. The molecule has 0 unspecified atom stereocenters. The van der Waals surface area contributed by atoms with Crippen molar-refractivity contribution in [3.63, 3.8) is 0 Å². The van der Waals surface area contributed by atoms with E-state index in [9.17, 15) is 8.78 Å². The SMILES string of the molecule is COc1cc(-c2c(C3CCOCC3)n(-c3ccc(F)cc3)c3cc(C=N)c(N)cc23)ccc1F. The molecule has 174 valence electrons. The monoisotopic (exact) mass is 461 g/mol. The minimum Gasteiger partial charge on any atom is -0.494 e.